The van der Waals surface area contributed by atoms with E-state index in [-0.39, 0.29) is 35.6 Å². The first-order valence-corrected chi connectivity index (χ1v) is 7.42. The fourth-order valence-electron chi connectivity index (χ4n) is 2.46. The highest BCUT2D eigenvalue weighted by molar-refractivity contribution is 6.31. The number of hydrogen-bond acceptors (Lipinski definition) is 3. The Hall–Kier alpha value is -1.17. The molecule has 1 aromatic carbocycles. The van der Waals surface area contributed by atoms with E-state index < -0.39 is 5.82 Å². The Morgan fingerprint density at radius 3 is 2.76 bits per heavy atom. The number of carbonyl (C=O) groups is 1. The maximum Gasteiger partial charge on any atom is 0.227 e. The van der Waals surface area contributed by atoms with Gasteiger partial charge in [-0.25, -0.2) is 4.39 Å². The number of carbonyl (C=O) groups excluding carboxylic acids is 1. The molecule has 1 aromatic rings. The van der Waals surface area contributed by atoms with Crippen LogP contribution in [0.3, 0.4) is 0 Å². The Morgan fingerprint density at radius 2 is 2.14 bits per heavy atom. The van der Waals surface area contributed by atoms with Crippen molar-refractivity contribution < 1.29 is 19.0 Å². The van der Waals surface area contributed by atoms with Crippen molar-refractivity contribution in [3.05, 3.63) is 34.6 Å². The van der Waals surface area contributed by atoms with Crippen LogP contribution < -0.4 is 0 Å². The first kappa shape index (κ1) is 16.2. The molecule has 21 heavy (non-hydrogen) atoms. The van der Waals surface area contributed by atoms with Crippen molar-refractivity contribution >= 4 is 17.5 Å². The van der Waals surface area contributed by atoms with Gasteiger partial charge in [-0.15, -0.1) is 0 Å². The van der Waals surface area contributed by atoms with Crippen LogP contribution in [0.5, 0.6) is 0 Å². The lowest BCUT2D eigenvalue weighted by Crippen LogP contribution is -2.41. The number of halogens is 2. The Morgan fingerprint density at radius 1 is 1.43 bits per heavy atom. The number of amides is 1. The highest BCUT2D eigenvalue weighted by Gasteiger charge is 2.24. The summed E-state index contributed by atoms with van der Waals surface area (Å²) in [7, 11) is 0. The zero-order valence-electron chi connectivity index (χ0n) is 11.7. The minimum atomic E-state index is -0.447. The van der Waals surface area contributed by atoms with Gasteiger partial charge in [0, 0.05) is 23.7 Å². The summed E-state index contributed by atoms with van der Waals surface area (Å²) >= 11 is 5.94. The first-order chi connectivity index (χ1) is 10.1. The molecule has 6 heteroatoms. The van der Waals surface area contributed by atoms with E-state index in [0.29, 0.717) is 19.7 Å². The monoisotopic (exact) mass is 315 g/mol. The molecule has 0 spiro atoms. The molecule has 0 atom stereocenters. The van der Waals surface area contributed by atoms with Gasteiger partial charge in [-0.1, -0.05) is 17.7 Å². The fraction of sp³-hybridized carbons (Fsp3) is 0.533. The molecule has 116 valence electrons. The van der Waals surface area contributed by atoms with E-state index in [1.165, 1.54) is 12.1 Å². The van der Waals surface area contributed by atoms with Gasteiger partial charge in [0.2, 0.25) is 5.91 Å². The normalized spacial score (nSPS) is 16.2. The number of nitrogens with zero attached hydrogens (tertiary/aromatic N) is 1. The van der Waals surface area contributed by atoms with Crippen LogP contribution in [-0.2, 0) is 16.0 Å². The van der Waals surface area contributed by atoms with Gasteiger partial charge >= 0.3 is 0 Å². The Balaban J connectivity index is 1.88. The molecule has 1 N–H and O–H groups in total. The van der Waals surface area contributed by atoms with Crippen molar-refractivity contribution in [3.63, 3.8) is 0 Å². The van der Waals surface area contributed by atoms with Gasteiger partial charge in [0.1, 0.15) is 5.82 Å². The summed E-state index contributed by atoms with van der Waals surface area (Å²) in [6.45, 7) is 1.50. The average Bonchev–Trinajstić information content (AvgIpc) is 2.49. The highest BCUT2D eigenvalue weighted by atomic mass is 35.5. The van der Waals surface area contributed by atoms with Gasteiger partial charge < -0.3 is 14.7 Å². The number of likely N-dealkylation sites (tertiary alicyclic amines) is 1. The van der Waals surface area contributed by atoms with Gasteiger partial charge in [0.05, 0.1) is 25.7 Å². The Labute approximate surface area is 128 Å². The van der Waals surface area contributed by atoms with Crippen LogP contribution >= 0.6 is 11.6 Å². The van der Waals surface area contributed by atoms with Crippen molar-refractivity contribution in [1.82, 2.24) is 4.90 Å². The van der Waals surface area contributed by atoms with Crippen LogP contribution in [0.1, 0.15) is 18.4 Å². The summed E-state index contributed by atoms with van der Waals surface area (Å²) in [5.41, 5.74) is 0.253. The van der Waals surface area contributed by atoms with Crippen LogP contribution in [0.2, 0.25) is 5.02 Å². The van der Waals surface area contributed by atoms with Gasteiger partial charge in [-0.3, -0.25) is 4.79 Å². The lowest BCUT2D eigenvalue weighted by Gasteiger charge is -2.32. The van der Waals surface area contributed by atoms with Gasteiger partial charge in [0.25, 0.3) is 0 Å². The van der Waals surface area contributed by atoms with E-state index in [4.69, 9.17) is 21.4 Å². The van der Waals surface area contributed by atoms with Crippen molar-refractivity contribution in [3.8, 4) is 0 Å². The summed E-state index contributed by atoms with van der Waals surface area (Å²) in [5.74, 6) is -0.570. The van der Waals surface area contributed by atoms with E-state index in [2.05, 4.69) is 0 Å². The second kappa shape index (κ2) is 7.73. The minimum absolute atomic E-state index is 0.00489. The van der Waals surface area contributed by atoms with E-state index in [9.17, 15) is 9.18 Å². The second-order valence-corrected chi connectivity index (χ2v) is 5.46. The Kier molecular flexibility index (Phi) is 5.96. The molecule has 2 rings (SSSR count). The summed E-state index contributed by atoms with van der Waals surface area (Å²) < 4.78 is 19.1. The maximum absolute atomic E-state index is 13.7. The highest BCUT2D eigenvalue weighted by Crippen LogP contribution is 2.21. The van der Waals surface area contributed by atoms with Gasteiger partial charge in [-0.2, -0.15) is 0 Å². The number of rotatable bonds is 5. The van der Waals surface area contributed by atoms with Crippen LogP contribution in [0.15, 0.2) is 18.2 Å². The zero-order valence-corrected chi connectivity index (χ0v) is 12.5. The van der Waals surface area contributed by atoms with Crippen molar-refractivity contribution in [2.75, 3.05) is 26.3 Å². The predicted molar refractivity (Wildman–Crippen MR) is 77.8 cm³/mol. The van der Waals surface area contributed by atoms with E-state index in [1.54, 1.807) is 11.0 Å². The molecule has 0 aliphatic carbocycles. The molecule has 0 bridgehead atoms. The third-order valence-electron chi connectivity index (χ3n) is 3.63. The molecule has 1 fully saturated rings. The molecule has 1 saturated heterocycles. The first-order valence-electron chi connectivity index (χ1n) is 7.05. The number of aliphatic hydroxyl groups is 1. The molecule has 0 aromatic heterocycles. The van der Waals surface area contributed by atoms with Crippen molar-refractivity contribution in [2.24, 2.45) is 0 Å². The molecular weight excluding hydrogens is 297 g/mol. The van der Waals surface area contributed by atoms with Crippen LogP contribution in [0.25, 0.3) is 0 Å². The average molecular weight is 316 g/mol. The molecule has 1 aliphatic rings. The topological polar surface area (TPSA) is 49.8 Å². The van der Waals surface area contributed by atoms with Crippen LogP contribution in [0.4, 0.5) is 4.39 Å². The maximum atomic E-state index is 13.7. The van der Waals surface area contributed by atoms with Gasteiger partial charge in [-0.05, 0) is 25.0 Å². The standard InChI is InChI=1S/C15H19ClFNO3/c16-13-2-1-3-14(17)12(13)10-15(20)18-6-4-11(5-7-18)21-9-8-19/h1-3,11,19H,4-10H2. The lowest BCUT2D eigenvalue weighted by molar-refractivity contribution is -0.133. The zero-order chi connectivity index (χ0) is 15.2. The number of aliphatic hydroxyl groups excluding tert-OH is 1. The third-order valence-corrected chi connectivity index (χ3v) is 3.98. The third kappa shape index (κ3) is 4.40. The predicted octanol–water partition coefficient (Wildman–Crippen LogP) is 2.02. The quantitative estimate of drug-likeness (QED) is 0.904. The lowest BCUT2D eigenvalue weighted by atomic mass is 10.1. The molecule has 1 amide bonds. The van der Waals surface area contributed by atoms with Crippen LogP contribution in [0, 0.1) is 5.82 Å². The number of piperidine rings is 1. The van der Waals surface area contributed by atoms with E-state index >= 15 is 0 Å². The smallest absolute Gasteiger partial charge is 0.227 e. The van der Waals surface area contributed by atoms with Crippen molar-refractivity contribution in [1.29, 1.82) is 0 Å². The summed E-state index contributed by atoms with van der Waals surface area (Å²) in [6, 6.07) is 4.42. The molecule has 4 nitrogen and oxygen atoms in total. The summed E-state index contributed by atoms with van der Waals surface area (Å²) in [6.07, 6.45) is 1.53. The van der Waals surface area contributed by atoms with Crippen LogP contribution in [-0.4, -0.2) is 48.3 Å². The molecular formula is C15H19ClFNO3. The fourth-order valence-corrected chi connectivity index (χ4v) is 2.69. The number of ether oxygens (including phenoxy) is 1. The summed E-state index contributed by atoms with van der Waals surface area (Å²) in [5, 5.41) is 9.00. The number of hydrogen-bond donors (Lipinski definition) is 1. The molecule has 0 saturated carbocycles. The number of benzene rings is 1. The van der Waals surface area contributed by atoms with Crippen molar-refractivity contribution in [2.45, 2.75) is 25.4 Å². The van der Waals surface area contributed by atoms with E-state index in [0.717, 1.165) is 12.8 Å². The molecule has 1 aliphatic heterocycles. The van der Waals surface area contributed by atoms with E-state index in [1.807, 2.05) is 0 Å². The SMILES string of the molecule is O=C(Cc1c(F)cccc1Cl)N1CCC(OCCO)CC1. The molecule has 0 radical (unpaired) electrons. The molecule has 1 heterocycles. The summed E-state index contributed by atoms with van der Waals surface area (Å²) in [4.78, 5) is 13.9. The Bertz CT molecular complexity index is 470. The van der Waals surface area contributed by atoms with Gasteiger partial charge in [0.15, 0.2) is 0 Å². The molecule has 0 unspecified atom stereocenters. The minimum Gasteiger partial charge on any atom is -0.394 e. The largest absolute Gasteiger partial charge is 0.394 e. The second-order valence-electron chi connectivity index (χ2n) is 5.05.